The second kappa shape index (κ2) is 9.63. The van der Waals surface area contributed by atoms with Crippen molar-refractivity contribution in [3.8, 4) is 0 Å². The van der Waals surface area contributed by atoms with Crippen LogP contribution in [0.25, 0.3) is 0 Å². The first-order valence-electron chi connectivity index (χ1n) is 10.3. The molecule has 0 bridgehead atoms. The van der Waals surface area contributed by atoms with Crippen molar-refractivity contribution in [3.63, 3.8) is 0 Å². The molecule has 162 valence electrons. The highest BCUT2D eigenvalue weighted by molar-refractivity contribution is 9.10. The molecule has 6 nitrogen and oxygen atoms in total. The molecular weight excluding hydrogens is 488 g/mol. The Hall–Kier alpha value is -1.03. The van der Waals surface area contributed by atoms with E-state index in [0.717, 1.165) is 36.0 Å². The molecule has 1 unspecified atom stereocenters. The number of nitrogens with one attached hydrogen (secondary N) is 1. The summed E-state index contributed by atoms with van der Waals surface area (Å²) in [5, 5.41) is 4.12. The van der Waals surface area contributed by atoms with E-state index in [4.69, 9.17) is 11.6 Å². The average Bonchev–Trinajstić information content (AvgIpc) is 2.77. The van der Waals surface area contributed by atoms with E-state index in [9.17, 15) is 8.42 Å². The van der Waals surface area contributed by atoms with E-state index in [1.165, 1.54) is 0 Å². The number of hydrogen-bond donors (Lipinski definition) is 1. The Morgan fingerprint density at radius 3 is 2.37 bits per heavy atom. The van der Waals surface area contributed by atoms with E-state index < -0.39 is 10.0 Å². The van der Waals surface area contributed by atoms with Crippen molar-refractivity contribution in [1.29, 1.82) is 0 Å². The molecule has 2 saturated heterocycles. The van der Waals surface area contributed by atoms with E-state index in [-0.39, 0.29) is 6.04 Å². The average molecular weight is 514 g/mol. The van der Waals surface area contributed by atoms with Crippen molar-refractivity contribution in [2.75, 3.05) is 39.3 Å². The molecule has 3 heterocycles. The second-order valence-electron chi connectivity index (χ2n) is 7.82. The molecule has 1 aromatic heterocycles. The Kier molecular flexibility index (Phi) is 7.12. The lowest BCUT2D eigenvalue weighted by Crippen LogP contribution is -2.51. The minimum absolute atomic E-state index is 0.181. The number of pyridine rings is 1. The second-order valence-corrected chi connectivity index (χ2v) is 11.1. The summed E-state index contributed by atoms with van der Waals surface area (Å²) >= 11 is 9.90. The molecule has 0 spiro atoms. The standard InChI is InChI=1S/C21H26BrClN4O2S/c22-17-1-3-18(4-2-17)30(28,29)27-13-11-26(12-14-27)21(16-5-8-24-9-6-16)19-7-10-25-15-20(19)23/h1-4,7,10,15-16,21,24H,5-6,8-9,11-14H2. The number of rotatable bonds is 5. The fourth-order valence-electron chi connectivity index (χ4n) is 4.51. The Labute approximate surface area is 191 Å². The van der Waals surface area contributed by atoms with Crippen LogP contribution in [0.5, 0.6) is 0 Å². The van der Waals surface area contributed by atoms with Crippen molar-refractivity contribution in [3.05, 3.63) is 57.8 Å². The van der Waals surface area contributed by atoms with E-state index in [1.54, 1.807) is 41.0 Å². The monoisotopic (exact) mass is 512 g/mol. The lowest BCUT2D eigenvalue weighted by Gasteiger charge is -2.43. The molecular formula is C21H26BrClN4O2S. The van der Waals surface area contributed by atoms with Crippen LogP contribution >= 0.6 is 27.5 Å². The number of piperazine rings is 1. The minimum atomic E-state index is -3.49. The maximum absolute atomic E-state index is 13.1. The van der Waals surface area contributed by atoms with E-state index in [2.05, 4.69) is 31.1 Å². The molecule has 1 N–H and O–H groups in total. The maximum atomic E-state index is 13.1. The molecule has 30 heavy (non-hydrogen) atoms. The molecule has 0 radical (unpaired) electrons. The molecule has 4 rings (SSSR count). The van der Waals surface area contributed by atoms with Crippen molar-refractivity contribution in [2.24, 2.45) is 5.92 Å². The predicted molar refractivity (Wildman–Crippen MR) is 122 cm³/mol. The van der Waals surface area contributed by atoms with Gasteiger partial charge in [-0.25, -0.2) is 8.42 Å². The maximum Gasteiger partial charge on any atom is 0.243 e. The van der Waals surface area contributed by atoms with Gasteiger partial charge in [0, 0.05) is 49.1 Å². The molecule has 2 fully saturated rings. The zero-order valence-electron chi connectivity index (χ0n) is 16.7. The van der Waals surface area contributed by atoms with Crippen LogP contribution in [-0.2, 0) is 10.0 Å². The molecule has 9 heteroatoms. The smallest absolute Gasteiger partial charge is 0.243 e. The highest BCUT2D eigenvalue weighted by Gasteiger charge is 2.36. The summed E-state index contributed by atoms with van der Waals surface area (Å²) in [6.45, 7) is 4.32. The molecule has 1 aromatic carbocycles. The van der Waals surface area contributed by atoms with Gasteiger partial charge in [-0.15, -0.1) is 0 Å². The quantitative estimate of drug-likeness (QED) is 0.662. The summed E-state index contributed by atoms with van der Waals surface area (Å²) in [7, 11) is -3.49. The molecule has 0 amide bonds. The van der Waals surface area contributed by atoms with Gasteiger partial charge in [-0.1, -0.05) is 27.5 Å². The first-order chi connectivity index (χ1) is 14.5. The molecule has 2 aliphatic rings. The van der Waals surface area contributed by atoms with Crippen LogP contribution < -0.4 is 5.32 Å². The number of halogens is 2. The number of piperidine rings is 1. The fourth-order valence-corrected chi connectivity index (χ4v) is 6.43. The zero-order valence-corrected chi connectivity index (χ0v) is 19.8. The molecule has 0 saturated carbocycles. The van der Waals surface area contributed by atoms with Gasteiger partial charge in [0.15, 0.2) is 0 Å². The third-order valence-electron chi connectivity index (χ3n) is 6.07. The third-order valence-corrected chi connectivity index (χ3v) is 8.83. The van der Waals surface area contributed by atoms with Crippen LogP contribution in [0.3, 0.4) is 0 Å². The van der Waals surface area contributed by atoms with Crippen molar-refractivity contribution < 1.29 is 8.42 Å². The minimum Gasteiger partial charge on any atom is -0.317 e. The Morgan fingerprint density at radius 2 is 1.73 bits per heavy atom. The highest BCUT2D eigenvalue weighted by atomic mass is 79.9. The first-order valence-corrected chi connectivity index (χ1v) is 12.9. The van der Waals surface area contributed by atoms with Crippen LogP contribution in [0.4, 0.5) is 0 Å². The number of benzene rings is 1. The Morgan fingerprint density at radius 1 is 1.07 bits per heavy atom. The van der Waals surface area contributed by atoms with Crippen molar-refractivity contribution in [2.45, 2.75) is 23.8 Å². The van der Waals surface area contributed by atoms with Crippen LogP contribution in [0.1, 0.15) is 24.4 Å². The van der Waals surface area contributed by atoms with Gasteiger partial charge >= 0.3 is 0 Å². The largest absolute Gasteiger partial charge is 0.317 e. The predicted octanol–water partition coefficient (Wildman–Crippen LogP) is 3.54. The summed E-state index contributed by atoms with van der Waals surface area (Å²) < 4.78 is 28.6. The molecule has 1 atom stereocenters. The van der Waals surface area contributed by atoms with Gasteiger partial charge in [0.2, 0.25) is 10.0 Å². The van der Waals surface area contributed by atoms with Crippen molar-refractivity contribution >= 4 is 37.6 Å². The summed E-state index contributed by atoms with van der Waals surface area (Å²) in [6.07, 6.45) is 5.67. The SMILES string of the molecule is O=S(=O)(c1ccc(Br)cc1)N1CCN(C(c2ccncc2Cl)C2CCNCC2)CC1. The van der Waals surface area contributed by atoms with E-state index >= 15 is 0 Å². The highest BCUT2D eigenvalue weighted by Crippen LogP contribution is 2.38. The fraction of sp³-hybridized carbons (Fsp3) is 0.476. The Bertz CT molecular complexity index is 959. The Balaban J connectivity index is 1.52. The van der Waals surface area contributed by atoms with Gasteiger partial charge in [0.05, 0.1) is 9.92 Å². The number of nitrogens with zero attached hydrogens (tertiary/aromatic N) is 3. The first kappa shape index (κ1) is 22.2. The van der Waals surface area contributed by atoms with Crippen LogP contribution in [0.15, 0.2) is 52.1 Å². The van der Waals surface area contributed by atoms with Gasteiger partial charge < -0.3 is 5.32 Å². The van der Waals surface area contributed by atoms with Crippen molar-refractivity contribution in [1.82, 2.24) is 19.5 Å². The van der Waals surface area contributed by atoms with Crippen LogP contribution in [0.2, 0.25) is 5.02 Å². The lowest BCUT2D eigenvalue weighted by molar-refractivity contribution is 0.0852. The van der Waals surface area contributed by atoms with Gasteiger partial charge in [-0.05, 0) is 67.7 Å². The molecule has 0 aliphatic carbocycles. The topological polar surface area (TPSA) is 65.5 Å². The number of hydrogen-bond acceptors (Lipinski definition) is 5. The van der Waals surface area contributed by atoms with Gasteiger partial charge in [-0.2, -0.15) is 4.31 Å². The zero-order chi connectivity index (χ0) is 21.1. The number of aromatic nitrogens is 1. The summed E-state index contributed by atoms with van der Waals surface area (Å²) in [5.41, 5.74) is 1.10. The third kappa shape index (κ3) is 4.74. The lowest BCUT2D eigenvalue weighted by atomic mass is 9.85. The van der Waals surface area contributed by atoms with Gasteiger partial charge in [-0.3, -0.25) is 9.88 Å². The van der Waals surface area contributed by atoms with Crippen LogP contribution in [0, 0.1) is 5.92 Å². The summed E-state index contributed by atoms with van der Waals surface area (Å²) in [4.78, 5) is 6.89. The number of sulfonamides is 1. The summed E-state index contributed by atoms with van der Waals surface area (Å²) in [6, 6.07) is 9.03. The van der Waals surface area contributed by atoms with E-state index in [1.807, 2.05) is 6.07 Å². The van der Waals surface area contributed by atoms with E-state index in [0.29, 0.717) is 42.0 Å². The van der Waals surface area contributed by atoms with Gasteiger partial charge in [0.1, 0.15) is 0 Å². The van der Waals surface area contributed by atoms with Crippen LogP contribution in [-0.4, -0.2) is 61.9 Å². The normalized spacial score (nSPS) is 20.9. The summed E-state index contributed by atoms with van der Waals surface area (Å²) in [5.74, 6) is 0.487. The molecule has 2 aromatic rings. The van der Waals surface area contributed by atoms with Gasteiger partial charge in [0.25, 0.3) is 0 Å². The molecule has 2 aliphatic heterocycles.